The molecule has 2 N–H and O–H groups in total. The Balaban J connectivity index is 1.85. The quantitative estimate of drug-likeness (QED) is 0.874. The number of nitrogens with zero attached hydrogens (tertiary/aromatic N) is 3. The van der Waals surface area contributed by atoms with Gasteiger partial charge in [0.05, 0.1) is 6.04 Å². The molecule has 0 spiro atoms. The maximum absolute atomic E-state index is 12.0. The average molecular weight is 265 g/mol. The van der Waals surface area contributed by atoms with Gasteiger partial charge in [-0.2, -0.15) is 0 Å². The van der Waals surface area contributed by atoms with Crippen LogP contribution in [0.2, 0.25) is 0 Å². The lowest BCUT2D eigenvalue weighted by Crippen LogP contribution is -2.46. The molecule has 1 fully saturated rings. The van der Waals surface area contributed by atoms with Gasteiger partial charge in [-0.15, -0.1) is 10.2 Å². The van der Waals surface area contributed by atoms with Gasteiger partial charge in [-0.25, -0.2) is 4.79 Å². The summed E-state index contributed by atoms with van der Waals surface area (Å²) in [5.41, 5.74) is 0. The Hall–Kier alpha value is -1.59. The molecule has 1 heterocycles. The molecule has 0 aromatic carbocycles. The Morgan fingerprint density at radius 2 is 2.21 bits per heavy atom. The van der Waals surface area contributed by atoms with Crippen LogP contribution >= 0.6 is 0 Å². The van der Waals surface area contributed by atoms with E-state index in [1.807, 2.05) is 18.5 Å². The van der Waals surface area contributed by atoms with Gasteiger partial charge in [-0.3, -0.25) is 0 Å². The third-order valence-electron chi connectivity index (χ3n) is 3.91. The summed E-state index contributed by atoms with van der Waals surface area (Å²) in [6.07, 6.45) is 6.38. The highest BCUT2D eigenvalue weighted by atomic mass is 16.2. The monoisotopic (exact) mass is 265 g/mol. The number of aryl methyl sites for hydroxylation is 1. The molecule has 0 saturated heterocycles. The van der Waals surface area contributed by atoms with Crippen LogP contribution in [-0.4, -0.2) is 26.8 Å². The van der Waals surface area contributed by atoms with E-state index in [-0.39, 0.29) is 12.1 Å². The van der Waals surface area contributed by atoms with Gasteiger partial charge in [-0.05, 0) is 25.7 Å². The van der Waals surface area contributed by atoms with Crippen molar-refractivity contribution in [2.75, 3.05) is 0 Å². The number of aromatic nitrogens is 3. The third-order valence-corrected chi connectivity index (χ3v) is 3.91. The fourth-order valence-electron chi connectivity index (χ4n) is 2.69. The first-order chi connectivity index (χ1) is 9.08. The first-order valence-corrected chi connectivity index (χ1v) is 6.99. The highest BCUT2D eigenvalue weighted by molar-refractivity contribution is 5.74. The van der Waals surface area contributed by atoms with Crippen LogP contribution in [0.4, 0.5) is 4.79 Å². The van der Waals surface area contributed by atoms with Crippen molar-refractivity contribution in [1.29, 1.82) is 0 Å². The van der Waals surface area contributed by atoms with E-state index >= 15 is 0 Å². The van der Waals surface area contributed by atoms with Gasteiger partial charge in [0.25, 0.3) is 0 Å². The zero-order chi connectivity index (χ0) is 13.8. The molecule has 1 aliphatic carbocycles. The Kier molecular flexibility index (Phi) is 4.39. The van der Waals surface area contributed by atoms with E-state index in [4.69, 9.17) is 0 Å². The number of hydrogen-bond acceptors (Lipinski definition) is 3. The number of amides is 2. The molecule has 0 bridgehead atoms. The molecule has 106 valence electrons. The molecule has 19 heavy (non-hydrogen) atoms. The fraction of sp³-hybridized carbons (Fsp3) is 0.769. The Morgan fingerprint density at radius 3 is 2.84 bits per heavy atom. The second kappa shape index (κ2) is 6.04. The predicted octanol–water partition coefficient (Wildman–Crippen LogP) is 1.75. The van der Waals surface area contributed by atoms with E-state index in [0.717, 1.165) is 12.2 Å². The number of carbonyl (C=O) groups is 1. The van der Waals surface area contributed by atoms with Crippen molar-refractivity contribution in [1.82, 2.24) is 25.4 Å². The standard InChI is InChI=1S/C13H23N5O/c1-9-6-4-5-7-11(9)16-13(19)15-10(2)12-17-14-8-18(12)3/h8-11H,4-7H2,1-3H3,(H2,15,16,19)/t9-,10-,11-/m0/s1. The minimum Gasteiger partial charge on any atom is -0.335 e. The Morgan fingerprint density at radius 1 is 1.47 bits per heavy atom. The highest BCUT2D eigenvalue weighted by Crippen LogP contribution is 2.23. The van der Waals surface area contributed by atoms with Crippen LogP contribution < -0.4 is 10.6 Å². The van der Waals surface area contributed by atoms with E-state index in [0.29, 0.717) is 12.0 Å². The molecule has 1 aromatic heterocycles. The summed E-state index contributed by atoms with van der Waals surface area (Å²) in [6.45, 7) is 4.12. The number of urea groups is 1. The van der Waals surface area contributed by atoms with Crippen molar-refractivity contribution in [2.45, 2.75) is 51.6 Å². The summed E-state index contributed by atoms with van der Waals surface area (Å²) in [6, 6.07) is 0.0288. The van der Waals surface area contributed by atoms with Crippen LogP contribution in [0.3, 0.4) is 0 Å². The van der Waals surface area contributed by atoms with Gasteiger partial charge >= 0.3 is 6.03 Å². The SMILES string of the molecule is C[C@H](NC(=O)N[C@H]1CCCC[C@@H]1C)c1nncn1C. The summed E-state index contributed by atoms with van der Waals surface area (Å²) in [5.74, 6) is 1.32. The number of nitrogens with one attached hydrogen (secondary N) is 2. The minimum absolute atomic E-state index is 0.116. The topological polar surface area (TPSA) is 71.8 Å². The molecule has 6 nitrogen and oxygen atoms in total. The lowest BCUT2D eigenvalue weighted by atomic mass is 9.86. The van der Waals surface area contributed by atoms with Crippen molar-refractivity contribution >= 4 is 6.03 Å². The predicted molar refractivity (Wildman–Crippen MR) is 72.5 cm³/mol. The summed E-state index contributed by atoms with van der Waals surface area (Å²) < 4.78 is 1.81. The van der Waals surface area contributed by atoms with E-state index in [2.05, 4.69) is 27.8 Å². The van der Waals surface area contributed by atoms with E-state index < -0.39 is 0 Å². The van der Waals surface area contributed by atoms with Gasteiger partial charge in [0.15, 0.2) is 5.82 Å². The summed E-state index contributed by atoms with van der Waals surface area (Å²) >= 11 is 0. The normalized spacial score (nSPS) is 24.8. The molecule has 1 aromatic rings. The molecule has 0 radical (unpaired) electrons. The van der Waals surface area contributed by atoms with Crippen molar-refractivity contribution in [3.63, 3.8) is 0 Å². The van der Waals surface area contributed by atoms with Gasteiger partial charge in [0.2, 0.25) is 0 Å². The molecule has 3 atom stereocenters. The molecule has 0 aliphatic heterocycles. The second-order valence-electron chi connectivity index (χ2n) is 5.51. The van der Waals surface area contributed by atoms with Crippen molar-refractivity contribution in [3.05, 3.63) is 12.2 Å². The first kappa shape index (κ1) is 13.8. The molecule has 1 saturated carbocycles. The van der Waals surface area contributed by atoms with Gasteiger partial charge in [0.1, 0.15) is 6.33 Å². The summed E-state index contributed by atoms with van der Waals surface area (Å²) in [5, 5.41) is 13.8. The summed E-state index contributed by atoms with van der Waals surface area (Å²) in [7, 11) is 1.87. The first-order valence-electron chi connectivity index (χ1n) is 6.99. The molecule has 6 heteroatoms. The van der Waals surface area contributed by atoms with Crippen LogP contribution in [0.25, 0.3) is 0 Å². The lowest BCUT2D eigenvalue weighted by Gasteiger charge is -2.29. The van der Waals surface area contributed by atoms with E-state index in [9.17, 15) is 4.79 Å². The molecule has 2 rings (SSSR count). The zero-order valence-electron chi connectivity index (χ0n) is 11.9. The maximum atomic E-state index is 12.0. The van der Waals surface area contributed by atoms with Crippen LogP contribution in [0, 0.1) is 5.92 Å². The van der Waals surface area contributed by atoms with Crippen LogP contribution in [0.15, 0.2) is 6.33 Å². The fourth-order valence-corrected chi connectivity index (χ4v) is 2.69. The van der Waals surface area contributed by atoms with Crippen molar-refractivity contribution in [2.24, 2.45) is 13.0 Å². The molecular formula is C13H23N5O. The van der Waals surface area contributed by atoms with Crippen LogP contribution in [0.1, 0.15) is 51.4 Å². The zero-order valence-corrected chi connectivity index (χ0v) is 11.9. The van der Waals surface area contributed by atoms with Crippen LogP contribution in [-0.2, 0) is 7.05 Å². The van der Waals surface area contributed by atoms with Gasteiger partial charge in [-0.1, -0.05) is 19.8 Å². The third kappa shape index (κ3) is 3.45. The second-order valence-corrected chi connectivity index (χ2v) is 5.51. The maximum Gasteiger partial charge on any atom is 0.315 e. The van der Waals surface area contributed by atoms with Gasteiger partial charge in [0, 0.05) is 13.1 Å². The average Bonchev–Trinajstić information content (AvgIpc) is 2.78. The van der Waals surface area contributed by atoms with E-state index in [1.54, 1.807) is 6.33 Å². The van der Waals surface area contributed by atoms with E-state index in [1.165, 1.54) is 19.3 Å². The minimum atomic E-state index is -0.147. The lowest BCUT2D eigenvalue weighted by molar-refractivity contribution is 0.218. The highest BCUT2D eigenvalue weighted by Gasteiger charge is 2.23. The van der Waals surface area contributed by atoms with Gasteiger partial charge < -0.3 is 15.2 Å². The smallest absolute Gasteiger partial charge is 0.315 e. The van der Waals surface area contributed by atoms with Crippen LogP contribution in [0.5, 0.6) is 0 Å². The van der Waals surface area contributed by atoms with Crippen molar-refractivity contribution in [3.8, 4) is 0 Å². The largest absolute Gasteiger partial charge is 0.335 e. The summed E-state index contributed by atoms with van der Waals surface area (Å²) in [4.78, 5) is 12.0. The molecule has 0 unspecified atom stereocenters. The van der Waals surface area contributed by atoms with Crippen molar-refractivity contribution < 1.29 is 4.79 Å². The number of hydrogen-bond donors (Lipinski definition) is 2. The number of carbonyl (C=O) groups excluding carboxylic acids is 1. The molecule has 1 aliphatic rings. The molecular weight excluding hydrogens is 242 g/mol. The Bertz CT molecular complexity index is 430. The molecule has 2 amide bonds. The number of rotatable bonds is 3. The Labute approximate surface area is 114 Å².